The average Bonchev–Trinajstić information content (AvgIpc) is 3.26. The topological polar surface area (TPSA) is 70.2 Å². The quantitative estimate of drug-likeness (QED) is 0.534. The number of aromatic nitrogens is 3. The highest BCUT2D eigenvalue weighted by Crippen LogP contribution is 2.21. The van der Waals surface area contributed by atoms with Gasteiger partial charge in [0.1, 0.15) is 0 Å². The maximum Gasteiger partial charge on any atom is 0.340 e. The number of ether oxygens (including phenoxy) is 1. The summed E-state index contributed by atoms with van der Waals surface area (Å²) in [6.07, 6.45) is 1.76. The second-order valence-corrected chi connectivity index (χ2v) is 5.62. The largest absolute Gasteiger partial charge is 0.452 e. The van der Waals surface area contributed by atoms with Gasteiger partial charge in [0.25, 0.3) is 5.89 Å². The van der Waals surface area contributed by atoms with E-state index in [-0.39, 0.29) is 12.5 Å². The molecule has 0 saturated heterocycles. The van der Waals surface area contributed by atoms with E-state index in [4.69, 9.17) is 9.26 Å². The van der Waals surface area contributed by atoms with Gasteiger partial charge in [-0.15, -0.1) is 0 Å². The van der Waals surface area contributed by atoms with Gasteiger partial charge in [0.2, 0.25) is 5.82 Å². The molecule has 0 aliphatic rings. The summed E-state index contributed by atoms with van der Waals surface area (Å²) in [7, 11) is 1.89. The fourth-order valence-corrected chi connectivity index (χ4v) is 2.73. The molecule has 2 aromatic carbocycles. The molecule has 0 saturated carbocycles. The van der Waals surface area contributed by atoms with Crippen LogP contribution in [0.25, 0.3) is 22.3 Å². The van der Waals surface area contributed by atoms with Gasteiger partial charge < -0.3 is 13.8 Å². The zero-order valence-corrected chi connectivity index (χ0v) is 13.5. The zero-order valence-electron chi connectivity index (χ0n) is 13.5. The molecule has 6 heteroatoms. The van der Waals surface area contributed by atoms with Crippen molar-refractivity contribution in [2.45, 2.75) is 6.61 Å². The van der Waals surface area contributed by atoms with Crippen molar-refractivity contribution in [1.29, 1.82) is 0 Å². The van der Waals surface area contributed by atoms with Crippen LogP contribution in [0.3, 0.4) is 0 Å². The molecule has 4 aromatic rings. The lowest BCUT2D eigenvalue weighted by atomic mass is 10.2. The third-order valence-corrected chi connectivity index (χ3v) is 3.94. The number of carbonyl (C=O) groups excluding carboxylic acids is 1. The molecule has 0 spiro atoms. The Morgan fingerprint density at radius 3 is 2.72 bits per heavy atom. The average molecular weight is 333 g/mol. The Morgan fingerprint density at radius 2 is 1.88 bits per heavy atom. The predicted molar refractivity (Wildman–Crippen MR) is 91.8 cm³/mol. The number of carbonyl (C=O) groups is 1. The first-order valence-corrected chi connectivity index (χ1v) is 7.81. The van der Waals surface area contributed by atoms with Gasteiger partial charge in [-0.2, -0.15) is 4.98 Å². The van der Waals surface area contributed by atoms with Crippen molar-refractivity contribution < 1.29 is 14.1 Å². The summed E-state index contributed by atoms with van der Waals surface area (Å²) >= 11 is 0. The molecule has 0 aliphatic heterocycles. The summed E-state index contributed by atoms with van der Waals surface area (Å²) in [5, 5.41) is 4.76. The van der Waals surface area contributed by atoms with Crippen LogP contribution in [-0.4, -0.2) is 20.7 Å². The number of nitrogens with zero attached hydrogens (tertiary/aromatic N) is 3. The summed E-state index contributed by atoms with van der Waals surface area (Å²) in [6, 6.07) is 17.1. The number of benzene rings is 2. The van der Waals surface area contributed by atoms with Crippen molar-refractivity contribution in [3.63, 3.8) is 0 Å². The van der Waals surface area contributed by atoms with Crippen LogP contribution in [0.1, 0.15) is 16.2 Å². The van der Waals surface area contributed by atoms with Crippen molar-refractivity contribution in [3.8, 4) is 11.4 Å². The monoisotopic (exact) mass is 333 g/mol. The van der Waals surface area contributed by atoms with Crippen LogP contribution < -0.4 is 0 Å². The number of rotatable bonds is 4. The molecule has 0 unspecified atom stereocenters. The summed E-state index contributed by atoms with van der Waals surface area (Å²) in [5.74, 6) is 0.306. The lowest BCUT2D eigenvalue weighted by Crippen LogP contribution is -2.05. The summed E-state index contributed by atoms with van der Waals surface area (Å²) in [6.45, 7) is -0.0676. The predicted octanol–water partition coefficient (Wildman–Crippen LogP) is 3.59. The Labute approximate surface area is 143 Å². The summed E-state index contributed by atoms with van der Waals surface area (Å²) in [5.41, 5.74) is 2.33. The minimum atomic E-state index is -0.420. The lowest BCUT2D eigenvalue weighted by Gasteiger charge is -2.00. The minimum absolute atomic E-state index is 0.0676. The van der Waals surface area contributed by atoms with Gasteiger partial charge in [-0.25, -0.2) is 4.79 Å². The summed E-state index contributed by atoms with van der Waals surface area (Å²) < 4.78 is 12.4. The van der Waals surface area contributed by atoms with Crippen LogP contribution in [0.5, 0.6) is 0 Å². The Bertz CT molecular complexity index is 1030. The fourth-order valence-electron chi connectivity index (χ4n) is 2.73. The second kappa shape index (κ2) is 6.24. The van der Waals surface area contributed by atoms with E-state index < -0.39 is 5.97 Å². The van der Waals surface area contributed by atoms with Crippen LogP contribution in [0, 0.1) is 0 Å². The van der Waals surface area contributed by atoms with Crippen molar-refractivity contribution in [2.24, 2.45) is 7.05 Å². The van der Waals surface area contributed by atoms with Gasteiger partial charge in [0.05, 0.1) is 5.56 Å². The first kappa shape index (κ1) is 15.1. The van der Waals surface area contributed by atoms with Crippen molar-refractivity contribution in [3.05, 3.63) is 72.2 Å². The normalized spacial score (nSPS) is 10.9. The molecule has 0 fully saturated rings. The highest BCUT2D eigenvalue weighted by atomic mass is 16.6. The number of hydrogen-bond acceptors (Lipinski definition) is 5. The maximum absolute atomic E-state index is 12.4. The maximum atomic E-state index is 12.4. The van der Waals surface area contributed by atoms with Crippen molar-refractivity contribution in [1.82, 2.24) is 14.7 Å². The number of hydrogen-bond donors (Lipinski definition) is 0. The molecule has 2 heterocycles. The van der Waals surface area contributed by atoms with E-state index in [9.17, 15) is 4.79 Å². The fraction of sp³-hybridized carbons (Fsp3) is 0.105. The minimum Gasteiger partial charge on any atom is -0.452 e. The molecule has 124 valence electrons. The second-order valence-electron chi connectivity index (χ2n) is 5.62. The zero-order chi connectivity index (χ0) is 17.2. The highest BCUT2D eigenvalue weighted by Gasteiger charge is 2.16. The van der Waals surface area contributed by atoms with Gasteiger partial charge in [-0.1, -0.05) is 53.7 Å². The standard InChI is InChI=1S/C19H15N3O3/c1-22-11-15(14-9-5-6-10-16(14)22)19(23)24-12-17-20-18(21-25-17)13-7-3-2-4-8-13/h2-11H,12H2,1H3. The Kier molecular flexibility index (Phi) is 3.78. The molecule has 2 aromatic heterocycles. The molecule has 25 heavy (non-hydrogen) atoms. The molecular weight excluding hydrogens is 318 g/mol. The number of aryl methyl sites for hydroxylation is 1. The van der Waals surface area contributed by atoms with Crippen LogP contribution >= 0.6 is 0 Å². The van der Waals surface area contributed by atoms with Gasteiger partial charge in [-0.3, -0.25) is 0 Å². The first-order chi connectivity index (χ1) is 12.2. The van der Waals surface area contributed by atoms with Gasteiger partial charge in [-0.05, 0) is 6.07 Å². The molecule has 0 amide bonds. The SMILES string of the molecule is Cn1cc(C(=O)OCc2nc(-c3ccccc3)no2)c2ccccc21. The van der Waals surface area contributed by atoms with E-state index in [2.05, 4.69) is 10.1 Å². The summed E-state index contributed by atoms with van der Waals surface area (Å²) in [4.78, 5) is 16.7. The van der Waals surface area contributed by atoms with Crippen LogP contribution in [-0.2, 0) is 18.4 Å². The van der Waals surface area contributed by atoms with E-state index >= 15 is 0 Å². The number of esters is 1. The van der Waals surface area contributed by atoms with Crippen molar-refractivity contribution >= 4 is 16.9 Å². The van der Waals surface area contributed by atoms with E-state index in [1.807, 2.05) is 66.2 Å². The Morgan fingerprint density at radius 1 is 1.12 bits per heavy atom. The molecule has 0 atom stereocenters. The molecule has 0 bridgehead atoms. The smallest absolute Gasteiger partial charge is 0.340 e. The Balaban J connectivity index is 1.50. The van der Waals surface area contributed by atoms with Crippen molar-refractivity contribution in [2.75, 3.05) is 0 Å². The molecular formula is C19H15N3O3. The van der Waals surface area contributed by atoms with Gasteiger partial charge in [0, 0.05) is 29.7 Å². The molecule has 0 N–H and O–H groups in total. The molecule has 6 nitrogen and oxygen atoms in total. The van der Waals surface area contributed by atoms with E-state index in [0.29, 0.717) is 11.4 Å². The molecule has 4 rings (SSSR count). The van der Waals surface area contributed by atoms with E-state index in [0.717, 1.165) is 16.5 Å². The third-order valence-electron chi connectivity index (χ3n) is 3.94. The van der Waals surface area contributed by atoms with Crippen LogP contribution in [0.15, 0.2) is 65.3 Å². The van der Waals surface area contributed by atoms with Gasteiger partial charge in [0.15, 0.2) is 6.61 Å². The van der Waals surface area contributed by atoms with Crippen LogP contribution in [0.2, 0.25) is 0 Å². The number of para-hydroxylation sites is 1. The number of fused-ring (bicyclic) bond motifs is 1. The third kappa shape index (κ3) is 2.89. The van der Waals surface area contributed by atoms with E-state index in [1.54, 1.807) is 6.20 Å². The Hall–Kier alpha value is -3.41. The van der Waals surface area contributed by atoms with Crippen LogP contribution in [0.4, 0.5) is 0 Å². The molecule has 0 radical (unpaired) electrons. The van der Waals surface area contributed by atoms with E-state index in [1.165, 1.54) is 0 Å². The molecule has 0 aliphatic carbocycles. The highest BCUT2D eigenvalue weighted by molar-refractivity contribution is 6.04. The first-order valence-electron chi connectivity index (χ1n) is 7.81. The van der Waals surface area contributed by atoms with Gasteiger partial charge >= 0.3 is 5.97 Å². The lowest BCUT2D eigenvalue weighted by molar-refractivity contribution is 0.0432.